The Kier molecular flexibility index (Phi) is 6.70. The number of likely N-dealkylation sites (N-methyl/N-ethyl adjacent to an activating group) is 1. The summed E-state index contributed by atoms with van der Waals surface area (Å²) < 4.78 is 0.461. The Hall–Kier alpha value is -2.72. The molecule has 0 aromatic heterocycles. The number of carboxylic acid groups (broad SMARTS) is 2. The van der Waals surface area contributed by atoms with Gasteiger partial charge in [-0.25, -0.2) is 4.79 Å². The zero-order valence-corrected chi connectivity index (χ0v) is 15.8. The summed E-state index contributed by atoms with van der Waals surface area (Å²) in [4.78, 5) is 47.7. The number of thiocarbonyl (C=S) groups is 1. The minimum atomic E-state index is -1.30. The second kappa shape index (κ2) is 8.78. The highest BCUT2D eigenvalue weighted by Crippen LogP contribution is 2.31. The van der Waals surface area contributed by atoms with Crippen molar-refractivity contribution in [1.29, 1.82) is 0 Å². The van der Waals surface area contributed by atoms with E-state index in [9.17, 15) is 19.2 Å². The average molecular weight is 408 g/mol. The van der Waals surface area contributed by atoms with Crippen LogP contribution in [-0.2, 0) is 14.4 Å². The predicted octanol–water partition coefficient (Wildman–Crippen LogP) is 1.57. The monoisotopic (exact) mass is 408 g/mol. The summed E-state index contributed by atoms with van der Waals surface area (Å²) in [5.41, 5.74) is 0.901. The van der Waals surface area contributed by atoms with Gasteiger partial charge in [-0.05, 0) is 30.2 Å². The largest absolute Gasteiger partial charge is 0.481 e. The molecule has 0 bridgehead atoms. The molecular formula is C17H16N2O6S2. The fourth-order valence-corrected chi connectivity index (χ4v) is 3.37. The van der Waals surface area contributed by atoms with Crippen molar-refractivity contribution in [2.75, 3.05) is 7.05 Å². The van der Waals surface area contributed by atoms with Gasteiger partial charge < -0.3 is 15.5 Å². The van der Waals surface area contributed by atoms with Gasteiger partial charge in [-0.2, -0.15) is 0 Å². The molecule has 27 heavy (non-hydrogen) atoms. The number of benzene rings is 1. The molecule has 2 rings (SSSR count). The topological polar surface area (TPSA) is 124 Å². The van der Waals surface area contributed by atoms with E-state index in [2.05, 4.69) is 5.32 Å². The molecule has 1 aliphatic rings. The van der Waals surface area contributed by atoms with E-state index in [0.29, 0.717) is 14.8 Å². The first-order valence-electron chi connectivity index (χ1n) is 7.76. The molecule has 1 saturated heterocycles. The molecule has 8 nitrogen and oxygen atoms in total. The maximum Gasteiger partial charge on any atom is 0.326 e. The van der Waals surface area contributed by atoms with Crippen LogP contribution in [0.4, 0.5) is 0 Å². The van der Waals surface area contributed by atoms with Gasteiger partial charge in [-0.15, -0.1) is 0 Å². The van der Waals surface area contributed by atoms with Crippen molar-refractivity contribution >= 4 is 58.1 Å². The number of carboxylic acids is 2. The summed E-state index contributed by atoms with van der Waals surface area (Å²) in [6.45, 7) is 0. The van der Waals surface area contributed by atoms with E-state index in [-0.39, 0.29) is 24.3 Å². The zero-order valence-electron chi connectivity index (χ0n) is 14.2. The lowest BCUT2D eigenvalue weighted by Crippen LogP contribution is -2.41. The van der Waals surface area contributed by atoms with Gasteiger partial charge in [-0.1, -0.05) is 36.1 Å². The summed E-state index contributed by atoms with van der Waals surface area (Å²) in [7, 11) is 1.59. The second-order valence-corrected chi connectivity index (χ2v) is 7.34. The van der Waals surface area contributed by atoms with Crippen LogP contribution in [0.15, 0.2) is 29.2 Å². The summed E-state index contributed by atoms with van der Waals surface area (Å²) in [6, 6.07) is 4.92. The van der Waals surface area contributed by atoms with Gasteiger partial charge in [0.2, 0.25) is 0 Å². The number of carbonyl (C=O) groups is 4. The van der Waals surface area contributed by atoms with Crippen molar-refractivity contribution in [3.8, 4) is 0 Å². The number of nitrogens with zero attached hydrogens (tertiary/aromatic N) is 1. The SMILES string of the molecule is CN1C(=O)/C(=C\c2ccc(C(=O)NC(CCC(=O)O)C(=O)O)cc2)SC1=S. The van der Waals surface area contributed by atoms with Crippen LogP contribution >= 0.6 is 24.0 Å². The first-order valence-corrected chi connectivity index (χ1v) is 8.98. The fourth-order valence-electron chi connectivity index (χ4n) is 2.19. The summed E-state index contributed by atoms with van der Waals surface area (Å²) in [6.07, 6.45) is 1.07. The molecule has 0 aliphatic carbocycles. The molecule has 1 heterocycles. The van der Waals surface area contributed by atoms with Gasteiger partial charge >= 0.3 is 11.9 Å². The van der Waals surface area contributed by atoms with E-state index >= 15 is 0 Å². The maximum atomic E-state index is 12.2. The molecule has 0 spiro atoms. The maximum absolute atomic E-state index is 12.2. The average Bonchev–Trinajstić information content (AvgIpc) is 2.85. The molecule has 0 radical (unpaired) electrons. The number of nitrogens with one attached hydrogen (secondary N) is 1. The molecule has 1 aliphatic heterocycles. The molecule has 1 fully saturated rings. The lowest BCUT2D eigenvalue weighted by molar-refractivity contribution is -0.140. The van der Waals surface area contributed by atoms with Gasteiger partial charge in [0.15, 0.2) is 0 Å². The number of hydrogen-bond acceptors (Lipinski definition) is 6. The molecule has 1 unspecified atom stereocenters. The third kappa shape index (κ3) is 5.38. The van der Waals surface area contributed by atoms with Crippen LogP contribution in [-0.4, -0.2) is 56.3 Å². The van der Waals surface area contributed by atoms with Crippen molar-refractivity contribution < 1.29 is 29.4 Å². The van der Waals surface area contributed by atoms with Crippen molar-refractivity contribution in [1.82, 2.24) is 10.2 Å². The smallest absolute Gasteiger partial charge is 0.326 e. The first kappa shape index (κ1) is 20.6. The molecule has 1 aromatic carbocycles. The number of aliphatic carboxylic acids is 2. The van der Waals surface area contributed by atoms with E-state index in [1.807, 2.05) is 0 Å². The predicted molar refractivity (Wildman–Crippen MR) is 103 cm³/mol. The molecule has 0 saturated carbocycles. The van der Waals surface area contributed by atoms with Crippen LogP contribution in [0, 0.1) is 0 Å². The Morgan fingerprint density at radius 1 is 1.26 bits per heavy atom. The lowest BCUT2D eigenvalue weighted by Gasteiger charge is -2.13. The summed E-state index contributed by atoms with van der Waals surface area (Å²) in [5.74, 6) is -3.27. The Morgan fingerprint density at radius 3 is 2.37 bits per heavy atom. The molecule has 3 N–H and O–H groups in total. The molecule has 1 aromatic rings. The first-order chi connectivity index (χ1) is 12.7. The van der Waals surface area contributed by atoms with Crippen molar-refractivity contribution in [2.45, 2.75) is 18.9 Å². The second-order valence-electron chi connectivity index (χ2n) is 5.66. The molecule has 10 heteroatoms. The fraction of sp³-hybridized carbons (Fsp3) is 0.235. The van der Waals surface area contributed by atoms with Crippen LogP contribution in [0.1, 0.15) is 28.8 Å². The van der Waals surface area contributed by atoms with E-state index in [1.54, 1.807) is 25.3 Å². The number of hydrogen-bond donors (Lipinski definition) is 3. The molecule has 2 amide bonds. The Morgan fingerprint density at radius 2 is 1.89 bits per heavy atom. The van der Waals surface area contributed by atoms with Gasteiger partial charge in [0.1, 0.15) is 10.4 Å². The summed E-state index contributed by atoms with van der Waals surface area (Å²) >= 11 is 6.24. The number of thioether (sulfide) groups is 1. The van der Waals surface area contributed by atoms with Crippen molar-refractivity contribution in [3.05, 3.63) is 40.3 Å². The minimum absolute atomic E-state index is 0.199. The van der Waals surface area contributed by atoms with Gasteiger partial charge in [0, 0.05) is 19.0 Å². The zero-order chi connectivity index (χ0) is 20.1. The van der Waals surface area contributed by atoms with Crippen molar-refractivity contribution in [3.63, 3.8) is 0 Å². The molecular weight excluding hydrogens is 392 g/mol. The third-order valence-electron chi connectivity index (χ3n) is 3.71. The Bertz CT molecular complexity index is 834. The quantitative estimate of drug-likeness (QED) is 0.459. The highest BCUT2D eigenvalue weighted by atomic mass is 32.2. The number of carbonyl (C=O) groups excluding carboxylic acids is 2. The van der Waals surface area contributed by atoms with Crippen LogP contribution < -0.4 is 5.32 Å². The van der Waals surface area contributed by atoms with E-state index in [4.69, 9.17) is 22.4 Å². The van der Waals surface area contributed by atoms with Crippen LogP contribution in [0.5, 0.6) is 0 Å². The minimum Gasteiger partial charge on any atom is -0.481 e. The van der Waals surface area contributed by atoms with E-state index < -0.39 is 23.9 Å². The summed E-state index contributed by atoms with van der Waals surface area (Å²) in [5, 5.41) is 20.0. The third-order valence-corrected chi connectivity index (χ3v) is 5.19. The molecule has 142 valence electrons. The van der Waals surface area contributed by atoms with Crippen LogP contribution in [0.3, 0.4) is 0 Å². The standard InChI is InChI=1S/C17H16N2O6S2/c1-19-15(23)12(27-17(19)26)8-9-2-4-10(5-3-9)14(22)18-11(16(24)25)6-7-13(20)21/h2-5,8,11H,6-7H2,1H3,(H,18,22)(H,20,21)(H,24,25)/b12-8+. The Labute approximate surface area is 164 Å². The van der Waals surface area contributed by atoms with Gasteiger partial charge in [0.05, 0.1) is 4.91 Å². The normalized spacial score (nSPS) is 16.5. The lowest BCUT2D eigenvalue weighted by atomic mass is 10.1. The van der Waals surface area contributed by atoms with Crippen molar-refractivity contribution in [2.24, 2.45) is 0 Å². The van der Waals surface area contributed by atoms with Crippen LogP contribution in [0.2, 0.25) is 0 Å². The van der Waals surface area contributed by atoms with Gasteiger partial charge in [-0.3, -0.25) is 19.3 Å². The van der Waals surface area contributed by atoms with Crippen LogP contribution in [0.25, 0.3) is 6.08 Å². The molecule has 1 atom stereocenters. The number of rotatable bonds is 7. The highest BCUT2D eigenvalue weighted by molar-refractivity contribution is 8.26. The number of amides is 2. The van der Waals surface area contributed by atoms with E-state index in [0.717, 1.165) is 0 Å². The van der Waals surface area contributed by atoms with E-state index in [1.165, 1.54) is 28.8 Å². The Balaban J connectivity index is 2.06. The van der Waals surface area contributed by atoms with Gasteiger partial charge in [0.25, 0.3) is 11.8 Å². The highest BCUT2D eigenvalue weighted by Gasteiger charge is 2.28.